The Labute approximate surface area is 104 Å². The van der Waals surface area contributed by atoms with Crippen molar-refractivity contribution >= 4 is 5.78 Å². The van der Waals surface area contributed by atoms with E-state index in [9.17, 15) is 9.90 Å². The number of hydrogen-bond acceptors (Lipinski definition) is 2. The fraction of sp³-hybridized carbons (Fsp3) is 0.533. The molecule has 1 N–H and O–H groups in total. The van der Waals surface area contributed by atoms with Gasteiger partial charge in [-0.25, -0.2) is 0 Å². The molecule has 0 amide bonds. The quantitative estimate of drug-likeness (QED) is 0.733. The molecule has 2 nitrogen and oxygen atoms in total. The molecule has 0 saturated carbocycles. The van der Waals surface area contributed by atoms with Gasteiger partial charge in [0.1, 0.15) is 5.78 Å². The predicted molar refractivity (Wildman–Crippen MR) is 69.7 cm³/mol. The van der Waals surface area contributed by atoms with Gasteiger partial charge in [-0.05, 0) is 12.0 Å². The van der Waals surface area contributed by atoms with Gasteiger partial charge in [-0.15, -0.1) is 0 Å². The monoisotopic (exact) mass is 234 g/mol. The van der Waals surface area contributed by atoms with Crippen LogP contribution >= 0.6 is 0 Å². The number of benzene rings is 1. The number of Topliss-reactive ketones (excluding diaryl/α,β-unsaturated/α-hetero) is 1. The molecule has 0 heterocycles. The minimum absolute atomic E-state index is 0.162. The maximum Gasteiger partial charge on any atom is 0.138 e. The lowest BCUT2D eigenvalue weighted by molar-refractivity contribution is -0.125. The summed E-state index contributed by atoms with van der Waals surface area (Å²) in [6.45, 7) is 3.93. The minimum atomic E-state index is -0.676. The molecule has 2 atom stereocenters. The number of aliphatic hydroxyl groups is 1. The summed E-state index contributed by atoms with van der Waals surface area (Å²) in [5.41, 5.74) is 0.823. The molecule has 1 rings (SSSR count). The molecule has 2 heteroatoms. The zero-order chi connectivity index (χ0) is 12.7. The van der Waals surface area contributed by atoms with Crippen LogP contribution in [0.15, 0.2) is 30.3 Å². The first kappa shape index (κ1) is 13.9. The highest BCUT2D eigenvalue weighted by Gasteiger charge is 2.22. The highest BCUT2D eigenvalue weighted by molar-refractivity contribution is 5.81. The van der Waals surface area contributed by atoms with Gasteiger partial charge in [-0.1, -0.05) is 57.0 Å². The van der Waals surface area contributed by atoms with Crippen molar-refractivity contribution in [1.29, 1.82) is 0 Å². The van der Waals surface area contributed by atoms with Crippen LogP contribution in [0.1, 0.15) is 51.2 Å². The molecule has 0 aromatic heterocycles. The molecular weight excluding hydrogens is 212 g/mol. The van der Waals surface area contributed by atoms with Crippen molar-refractivity contribution < 1.29 is 9.90 Å². The summed E-state index contributed by atoms with van der Waals surface area (Å²) in [7, 11) is 0. The Morgan fingerprint density at radius 1 is 1.24 bits per heavy atom. The van der Waals surface area contributed by atoms with E-state index in [0.29, 0.717) is 6.42 Å². The molecule has 1 aromatic carbocycles. The Morgan fingerprint density at radius 2 is 1.88 bits per heavy atom. The third kappa shape index (κ3) is 4.31. The number of carbonyl (C=O) groups is 1. The number of aliphatic hydroxyl groups excluding tert-OH is 1. The first-order valence-electron chi connectivity index (χ1n) is 6.42. The lowest BCUT2D eigenvalue weighted by Gasteiger charge is -2.18. The van der Waals surface area contributed by atoms with Crippen molar-refractivity contribution in [3.05, 3.63) is 35.9 Å². The Morgan fingerprint density at radius 3 is 2.47 bits per heavy atom. The molecule has 0 bridgehead atoms. The van der Waals surface area contributed by atoms with Crippen molar-refractivity contribution in [2.45, 2.75) is 45.6 Å². The smallest absolute Gasteiger partial charge is 0.138 e. The van der Waals surface area contributed by atoms with Crippen molar-refractivity contribution in [3.63, 3.8) is 0 Å². The molecule has 94 valence electrons. The van der Waals surface area contributed by atoms with E-state index in [-0.39, 0.29) is 11.7 Å². The van der Waals surface area contributed by atoms with E-state index in [4.69, 9.17) is 0 Å². The first-order valence-corrected chi connectivity index (χ1v) is 6.42. The summed E-state index contributed by atoms with van der Waals surface area (Å²) in [5, 5.41) is 10.1. The summed E-state index contributed by atoms with van der Waals surface area (Å²) < 4.78 is 0. The fourth-order valence-corrected chi connectivity index (χ4v) is 1.89. The standard InChI is InChI=1S/C15H22O2/c1-3-4-6-11-14(16)12(2)15(17)13-9-7-5-8-10-13/h5,7-10,12,15,17H,3-4,6,11H2,1-2H3/t12-,15+/m0/s1. The molecule has 0 spiro atoms. The van der Waals surface area contributed by atoms with E-state index in [1.54, 1.807) is 0 Å². The second kappa shape index (κ2) is 7.23. The number of unbranched alkanes of at least 4 members (excludes halogenated alkanes) is 2. The minimum Gasteiger partial charge on any atom is -0.388 e. The van der Waals surface area contributed by atoms with Crippen LogP contribution in [-0.2, 0) is 4.79 Å². The fourth-order valence-electron chi connectivity index (χ4n) is 1.89. The summed E-state index contributed by atoms with van der Waals surface area (Å²) in [5.74, 6) is -0.149. The number of ketones is 1. The Hall–Kier alpha value is -1.15. The Kier molecular flexibility index (Phi) is 5.92. The molecule has 1 aromatic rings. The van der Waals surface area contributed by atoms with Gasteiger partial charge in [0.15, 0.2) is 0 Å². The van der Waals surface area contributed by atoms with Gasteiger partial charge in [-0.3, -0.25) is 4.79 Å². The van der Waals surface area contributed by atoms with E-state index in [2.05, 4.69) is 6.92 Å². The maximum atomic E-state index is 11.9. The van der Waals surface area contributed by atoms with Crippen LogP contribution in [0.2, 0.25) is 0 Å². The molecule has 0 radical (unpaired) electrons. The average molecular weight is 234 g/mol. The third-order valence-corrected chi connectivity index (χ3v) is 3.15. The van der Waals surface area contributed by atoms with E-state index in [1.165, 1.54) is 0 Å². The Balaban J connectivity index is 2.51. The van der Waals surface area contributed by atoms with Crippen LogP contribution in [0.3, 0.4) is 0 Å². The number of carbonyl (C=O) groups excluding carboxylic acids is 1. The SMILES string of the molecule is CCCCCC(=O)[C@H](C)[C@@H](O)c1ccccc1. The average Bonchev–Trinajstić information content (AvgIpc) is 2.38. The third-order valence-electron chi connectivity index (χ3n) is 3.15. The van der Waals surface area contributed by atoms with Crippen LogP contribution in [0.5, 0.6) is 0 Å². The molecule has 17 heavy (non-hydrogen) atoms. The number of hydrogen-bond donors (Lipinski definition) is 1. The highest BCUT2D eigenvalue weighted by atomic mass is 16.3. The van der Waals surface area contributed by atoms with Gasteiger partial charge in [0, 0.05) is 12.3 Å². The molecular formula is C15H22O2. The molecule has 0 saturated heterocycles. The van der Waals surface area contributed by atoms with E-state index < -0.39 is 6.10 Å². The molecule has 0 aliphatic rings. The van der Waals surface area contributed by atoms with Gasteiger partial charge in [0.25, 0.3) is 0 Å². The topological polar surface area (TPSA) is 37.3 Å². The maximum absolute atomic E-state index is 11.9. The normalized spacial score (nSPS) is 14.3. The zero-order valence-electron chi connectivity index (χ0n) is 10.7. The van der Waals surface area contributed by atoms with E-state index in [0.717, 1.165) is 24.8 Å². The first-order chi connectivity index (χ1) is 8.16. The summed E-state index contributed by atoms with van der Waals surface area (Å²) in [6, 6.07) is 9.39. The van der Waals surface area contributed by atoms with Gasteiger partial charge in [0.2, 0.25) is 0 Å². The zero-order valence-corrected chi connectivity index (χ0v) is 10.7. The van der Waals surface area contributed by atoms with E-state index >= 15 is 0 Å². The highest BCUT2D eigenvalue weighted by Crippen LogP contribution is 2.23. The second-order valence-corrected chi connectivity index (χ2v) is 4.57. The van der Waals surface area contributed by atoms with Crippen LogP contribution in [-0.4, -0.2) is 10.9 Å². The predicted octanol–water partition coefficient (Wildman–Crippen LogP) is 3.51. The van der Waals surface area contributed by atoms with Crippen molar-refractivity contribution in [1.82, 2.24) is 0 Å². The lowest BCUT2D eigenvalue weighted by atomic mass is 9.91. The van der Waals surface area contributed by atoms with Crippen molar-refractivity contribution in [2.24, 2.45) is 5.92 Å². The van der Waals surface area contributed by atoms with Crippen LogP contribution in [0, 0.1) is 5.92 Å². The van der Waals surface area contributed by atoms with Crippen molar-refractivity contribution in [3.8, 4) is 0 Å². The molecule has 0 aliphatic heterocycles. The molecule has 0 fully saturated rings. The number of rotatable bonds is 7. The second-order valence-electron chi connectivity index (χ2n) is 4.57. The van der Waals surface area contributed by atoms with Crippen LogP contribution < -0.4 is 0 Å². The largest absolute Gasteiger partial charge is 0.388 e. The summed E-state index contributed by atoms with van der Waals surface area (Å²) in [4.78, 5) is 11.9. The summed E-state index contributed by atoms with van der Waals surface area (Å²) >= 11 is 0. The van der Waals surface area contributed by atoms with Crippen molar-refractivity contribution in [2.75, 3.05) is 0 Å². The van der Waals surface area contributed by atoms with Gasteiger partial charge < -0.3 is 5.11 Å². The molecule has 0 unspecified atom stereocenters. The van der Waals surface area contributed by atoms with Crippen LogP contribution in [0.4, 0.5) is 0 Å². The Bertz CT molecular complexity index is 332. The van der Waals surface area contributed by atoms with Gasteiger partial charge in [0.05, 0.1) is 6.10 Å². The lowest BCUT2D eigenvalue weighted by Crippen LogP contribution is -2.19. The van der Waals surface area contributed by atoms with Gasteiger partial charge in [-0.2, -0.15) is 0 Å². The van der Waals surface area contributed by atoms with Crippen LogP contribution in [0.25, 0.3) is 0 Å². The summed E-state index contributed by atoms with van der Waals surface area (Å²) in [6.07, 6.45) is 3.04. The van der Waals surface area contributed by atoms with E-state index in [1.807, 2.05) is 37.3 Å². The molecule has 0 aliphatic carbocycles. The van der Waals surface area contributed by atoms with Gasteiger partial charge >= 0.3 is 0 Å².